The Balaban J connectivity index is 1.75. The molecule has 3 aliphatic carbocycles. The number of fused-ring (bicyclic) bond motifs is 3. The maximum atomic E-state index is 2.54. The molecule has 0 spiro atoms. The fraction of sp³-hybridized carbons (Fsp3) is 0.433. The zero-order chi connectivity index (χ0) is 22.0. The summed E-state index contributed by atoms with van der Waals surface area (Å²) >= 11 is -1.96. The van der Waals surface area contributed by atoms with Crippen molar-refractivity contribution in [2.24, 2.45) is 0 Å². The minimum absolute atomic E-state index is 0.178. The van der Waals surface area contributed by atoms with Gasteiger partial charge in [0.05, 0.1) is 0 Å². The van der Waals surface area contributed by atoms with Crippen LogP contribution in [0.1, 0.15) is 93.1 Å². The second-order valence-electron chi connectivity index (χ2n) is 11.7. The first kappa shape index (κ1) is 21.5. The molecule has 1 saturated carbocycles. The summed E-state index contributed by atoms with van der Waals surface area (Å²) in [4.78, 5) is 0. The Labute approximate surface area is 196 Å². The summed E-state index contributed by atoms with van der Waals surface area (Å²) in [5.74, 6) is 0. The van der Waals surface area contributed by atoms with Crippen molar-refractivity contribution in [2.75, 3.05) is 0 Å². The van der Waals surface area contributed by atoms with Crippen LogP contribution in [0.4, 0.5) is 0 Å². The number of benzene rings is 2. The predicted octanol–water partition coefficient (Wildman–Crippen LogP) is 8.17. The normalized spacial score (nSPS) is 18.0. The molecule has 0 radical (unpaired) electrons. The quantitative estimate of drug-likeness (QED) is 0.401. The first-order chi connectivity index (χ1) is 14.6. The number of hydrogen-bond donors (Lipinski definition) is 0. The van der Waals surface area contributed by atoms with Gasteiger partial charge in [-0.2, -0.15) is 0 Å². The Morgan fingerprint density at radius 3 is 1.71 bits per heavy atom. The van der Waals surface area contributed by atoms with Gasteiger partial charge in [-0.05, 0) is 0 Å². The van der Waals surface area contributed by atoms with Crippen LogP contribution in [0.5, 0.6) is 0 Å². The zero-order valence-electron chi connectivity index (χ0n) is 20.1. The van der Waals surface area contributed by atoms with Gasteiger partial charge in [-0.3, -0.25) is 0 Å². The van der Waals surface area contributed by atoms with Crippen LogP contribution in [0.3, 0.4) is 0 Å². The van der Waals surface area contributed by atoms with Crippen molar-refractivity contribution in [3.05, 3.63) is 80.2 Å². The van der Waals surface area contributed by atoms with E-state index in [0.717, 1.165) is 0 Å². The number of hydrogen-bond acceptors (Lipinski definition) is 0. The van der Waals surface area contributed by atoms with E-state index in [0.29, 0.717) is 3.63 Å². The van der Waals surface area contributed by atoms with Crippen LogP contribution >= 0.6 is 0 Å². The molecule has 0 atom stereocenters. The van der Waals surface area contributed by atoms with Crippen molar-refractivity contribution >= 4 is 3.21 Å². The Morgan fingerprint density at radius 1 is 0.774 bits per heavy atom. The van der Waals surface area contributed by atoms with Gasteiger partial charge in [-0.25, -0.2) is 0 Å². The average Bonchev–Trinajstić information content (AvgIpc) is 3.29. The second-order valence-corrected chi connectivity index (χ2v) is 18.5. The third-order valence-electron chi connectivity index (χ3n) is 7.49. The van der Waals surface area contributed by atoms with Crippen LogP contribution in [-0.4, -0.2) is 3.21 Å². The number of allylic oxidation sites excluding steroid dienone is 4. The van der Waals surface area contributed by atoms with Crippen LogP contribution in [0.2, 0.25) is 0 Å². The van der Waals surface area contributed by atoms with Gasteiger partial charge in [0.2, 0.25) is 0 Å². The topological polar surface area (TPSA) is 0 Å². The van der Waals surface area contributed by atoms with Gasteiger partial charge in [0.15, 0.2) is 0 Å². The Morgan fingerprint density at radius 2 is 1.32 bits per heavy atom. The molecule has 0 aromatic heterocycles. The van der Waals surface area contributed by atoms with Crippen molar-refractivity contribution < 1.29 is 21.3 Å². The van der Waals surface area contributed by atoms with E-state index in [9.17, 15) is 0 Å². The fourth-order valence-electron chi connectivity index (χ4n) is 5.38. The van der Waals surface area contributed by atoms with Crippen molar-refractivity contribution in [1.29, 1.82) is 0 Å². The summed E-state index contributed by atoms with van der Waals surface area (Å²) in [7, 11) is 0. The van der Waals surface area contributed by atoms with Crippen molar-refractivity contribution in [2.45, 2.75) is 81.7 Å². The monoisotopic (exact) mass is 486 g/mol. The Kier molecular flexibility index (Phi) is 5.29. The molecule has 0 N–H and O–H groups in total. The van der Waals surface area contributed by atoms with Gasteiger partial charge >= 0.3 is 197 Å². The summed E-state index contributed by atoms with van der Waals surface area (Å²) in [5.41, 5.74) is 9.61. The molecule has 1 heteroatoms. The Hall–Kier alpha value is -1.33. The van der Waals surface area contributed by atoms with Gasteiger partial charge in [-0.15, -0.1) is 0 Å². The second kappa shape index (κ2) is 7.62. The molecule has 0 aliphatic heterocycles. The summed E-state index contributed by atoms with van der Waals surface area (Å²) in [6.07, 6.45) is 12.6. The minimum atomic E-state index is -1.96. The molecule has 0 heterocycles. The van der Waals surface area contributed by atoms with Crippen LogP contribution in [0.25, 0.3) is 11.1 Å². The number of rotatable bonds is 2. The molecule has 0 amide bonds. The molecule has 2 aromatic carbocycles. The molecule has 0 unspecified atom stereocenters. The van der Waals surface area contributed by atoms with E-state index >= 15 is 0 Å². The first-order valence-corrected chi connectivity index (χ1v) is 15.9. The van der Waals surface area contributed by atoms with E-state index in [1.165, 1.54) is 47.9 Å². The molecule has 0 saturated heterocycles. The summed E-state index contributed by atoms with van der Waals surface area (Å²) in [6, 6.07) is 15.0. The maximum absolute atomic E-state index is 2.54. The zero-order valence-corrected chi connectivity index (χ0v) is 22.6. The third kappa shape index (κ3) is 3.76. The predicted molar refractivity (Wildman–Crippen MR) is 132 cm³/mol. The SMILES string of the molecule is CC(C)(C)c1ccc2c(c1)-c1cc(C(C)(C)C)ccc1[CH]2[Zr]([C]1=CC=CC1)=[C]1CCC1. The van der Waals surface area contributed by atoms with E-state index in [1.807, 2.05) is 6.49 Å². The van der Waals surface area contributed by atoms with Gasteiger partial charge in [0, 0.05) is 0 Å². The molecule has 160 valence electrons. The van der Waals surface area contributed by atoms with E-state index in [4.69, 9.17) is 0 Å². The summed E-state index contributed by atoms with van der Waals surface area (Å²) in [6.45, 7) is 14.0. The Bertz CT molecular complexity index is 1070. The average molecular weight is 488 g/mol. The van der Waals surface area contributed by atoms with Gasteiger partial charge in [0.25, 0.3) is 0 Å². The van der Waals surface area contributed by atoms with Crippen LogP contribution in [0.15, 0.2) is 57.9 Å². The van der Waals surface area contributed by atoms with Crippen LogP contribution < -0.4 is 0 Å². The van der Waals surface area contributed by atoms with E-state index in [1.54, 1.807) is 11.1 Å². The van der Waals surface area contributed by atoms with E-state index in [2.05, 4.69) is 96.2 Å². The molecular weight excluding hydrogens is 452 g/mol. The standard InChI is InChI=1S/C21H25.C5H5.C4H6.Zr/c1-20(2,3)16-9-7-14-11-15-8-10-17(21(4,5)6)13-19(15)18(14)12-16;1-2-4-5-3-1;1-2-4-3-1;/h7-13H,1-6H3;1-3H,4H2;1-3H2;. The van der Waals surface area contributed by atoms with Crippen molar-refractivity contribution in [1.82, 2.24) is 0 Å². The molecule has 0 bridgehead atoms. The molecule has 5 rings (SSSR count). The van der Waals surface area contributed by atoms with Crippen LogP contribution in [0, 0.1) is 0 Å². The van der Waals surface area contributed by atoms with Crippen molar-refractivity contribution in [3.8, 4) is 11.1 Å². The summed E-state index contributed by atoms with van der Waals surface area (Å²) < 4.78 is 4.46. The first-order valence-electron chi connectivity index (χ1n) is 12.0. The molecule has 3 aliphatic rings. The van der Waals surface area contributed by atoms with Crippen molar-refractivity contribution in [3.63, 3.8) is 0 Å². The van der Waals surface area contributed by atoms with E-state index < -0.39 is 21.3 Å². The van der Waals surface area contributed by atoms with Crippen LogP contribution in [-0.2, 0) is 32.1 Å². The summed E-state index contributed by atoms with van der Waals surface area (Å²) in [5, 5.41) is 0. The molecule has 2 aromatic rings. The molecule has 31 heavy (non-hydrogen) atoms. The molecule has 0 nitrogen and oxygen atoms in total. The fourth-order valence-corrected chi connectivity index (χ4v) is 14.9. The molecule has 1 fully saturated rings. The van der Waals surface area contributed by atoms with E-state index in [-0.39, 0.29) is 10.8 Å². The van der Waals surface area contributed by atoms with Gasteiger partial charge in [0.1, 0.15) is 0 Å². The third-order valence-corrected chi connectivity index (χ3v) is 16.2. The van der Waals surface area contributed by atoms with Gasteiger partial charge < -0.3 is 0 Å². The molecular formula is C30H36Zr. The van der Waals surface area contributed by atoms with Gasteiger partial charge in [-0.1, -0.05) is 0 Å².